The normalized spacial score (nSPS) is 11.5. The fourth-order valence-corrected chi connectivity index (χ4v) is 1.29. The van der Waals surface area contributed by atoms with E-state index < -0.39 is 0 Å². The van der Waals surface area contributed by atoms with Crippen LogP contribution < -0.4 is 5.32 Å². The number of hydrogen-bond donors (Lipinski definition) is 1. The summed E-state index contributed by atoms with van der Waals surface area (Å²) >= 11 is 0. The molecule has 0 unspecified atom stereocenters. The molecule has 13 heavy (non-hydrogen) atoms. The summed E-state index contributed by atoms with van der Waals surface area (Å²) in [6.07, 6.45) is 1.29. The lowest BCUT2D eigenvalue weighted by atomic mass is 10.1. The van der Waals surface area contributed by atoms with E-state index in [-0.39, 0.29) is 0 Å². The molecule has 0 heterocycles. The molecule has 0 fully saturated rings. The van der Waals surface area contributed by atoms with Crippen molar-refractivity contribution in [2.45, 2.75) is 34.1 Å². The maximum absolute atomic E-state index is 3.47. The van der Waals surface area contributed by atoms with Crippen LogP contribution in [0.1, 0.15) is 34.1 Å². The average molecular weight is 186 g/mol. The van der Waals surface area contributed by atoms with Gasteiger partial charge >= 0.3 is 0 Å². The van der Waals surface area contributed by atoms with Gasteiger partial charge in [0, 0.05) is 13.1 Å². The molecule has 2 heteroatoms. The summed E-state index contributed by atoms with van der Waals surface area (Å²) < 4.78 is 0. The lowest BCUT2D eigenvalue weighted by molar-refractivity contribution is 0.301. The SMILES string of the molecule is CCN(CC)CCNCCC(C)C. The Morgan fingerprint density at radius 3 is 2.15 bits per heavy atom. The summed E-state index contributed by atoms with van der Waals surface area (Å²) in [5.41, 5.74) is 0. The first-order chi connectivity index (χ1) is 6.20. The highest BCUT2D eigenvalue weighted by Crippen LogP contribution is 1.95. The summed E-state index contributed by atoms with van der Waals surface area (Å²) in [4.78, 5) is 2.45. The van der Waals surface area contributed by atoms with Crippen LogP contribution in [0, 0.1) is 5.92 Å². The summed E-state index contributed by atoms with van der Waals surface area (Å²) in [5.74, 6) is 0.820. The summed E-state index contributed by atoms with van der Waals surface area (Å²) in [6, 6.07) is 0. The van der Waals surface area contributed by atoms with Crippen LogP contribution in [0.15, 0.2) is 0 Å². The maximum Gasteiger partial charge on any atom is 0.0107 e. The van der Waals surface area contributed by atoms with Gasteiger partial charge in [-0.3, -0.25) is 0 Å². The third-order valence-electron chi connectivity index (χ3n) is 2.40. The molecule has 0 atom stereocenters. The average Bonchev–Trinajstić information content (AvgIpc) is 2.11. The fourth-order valence-electron chi connectivity index (χ4n) is 1.29. The van der Waals surface area contributed by atoms with Crippen molar-refractivity contribution in [3.8, 4) is 0 Å². The van der Waals surface area contributed by atoms with Gasteiger partial charge in [0.25, 0.3) is 0 Å². The predicted octanol–water partition coefficient (Wildman–Crippen LogP) is 1.96. The molecule has 0 aromatic heterocycles. The van der Waals surface area contributed by atoms with Crippen LogP contribution in [-0.4, -0.2) is 37.6 Å². The van der Waals surface area contributed by atoms with Gasteiger partial charge in [0.15, 0.2) is 0 Å². The van der Waals surface area contributed by atoms with Gasteiger partial charge in [0.05, 0.1) is 0 Å². The van der Waals surface area contributed by atoms with Crippen LogP contribution in [-0.2, 0) is 0 Å². The Morgan fingerprint density at radius 1 is 1.08 bits per heavy atom. The molecule has 0 aliphatic heterocycles. The third kappa shape index (κ3) is 8.26. The van der Waals surface area contributed by atoms with Gasteiger partial charge < -0.3 is 10.2 Å². The Bertz CT molecular complexity index is 98.3. The van der Waals surface area contributed by atoms with E-state index >= 15 is 0 Å². The molecule has 0 aromatic carbocycles. The van der Waals surface area contributed by atoms with Crippen LogP contribution in [0.5, 0.6) is 0 Å². The highest BCUT2D eigenvalue weighted by molar-refractivity contribution is 4.56. The third-order valence-corrected chi connectivity index (χ3v) is 2.40. The van der Waals surface area contributed by atoms with E-state index in [1.54, 1.807) is 0 Å². The van der Waals surface area contributed by atoms with Crippen molar-refractivity contribution in [1.29, 1.82) is 0 Å². The van der Waals surface area contributed by atoms with Gasteiger partial charge in [0.2, 0.25) is 0 Å². The van der Waals surface area contributed by atoms with E-state index in [0.29, 0.717) is 0 Å². The summed E-state index contributed by atoms with van der Waals surface area (Å²) in [5, 5.41) is 3.47. The van der Waals surface area contributed by atoms with Crippen molar-refractivity contribution in [3.05, 3.63) is 0 Å². The molecule has 2 nitrogen and oxygen atoms in total. The van der Waals surface area contributed by atoms with Crippen molar-refractivity contribution in [2.24, 2.45) is 5.92 Å². The first-order valence-electron chi connectivity index (χ1n) is 5.63. The number of nitrogens with zero attached hydrogens (tertiary/aromatic N) is 1. The van der Waals surface area contributed by atoms with E-state index in [1.165, 1.54) is 32.6 Å². The second kappa shape index (κ2) is 8.52. The highest BCUT2D eigenvalue weighted by atomic mass is 15.1. The zero-order valence-electron chi connectivity index (χ0n) is 9.77. The summed E-state index contributed by atoms with van der Waals surface area (Å²) in [6.45, 7) is 14.8. The van der Waals surface area contributed by atoms with Crippen LogP contribution >= 0.6 is 0 Å². The van der Waals surface area contributed by atoms with Crippen molar-refractivity contribution in [1.82, 2.24) is 10.2 Å². The van der Waals surface area contributed by atoms with Crippen LogP contribution in [0.3, 0.4) is 0 Å². The number of likely N-dealkylation sites (N-methyl/N-ethyl adjacent to an activating group) is 1. The predicted molar refractivity (Wildman–Crippen MR) is 60.1 cm³/mol. The minimum Gasteiger partial charge on any atom is -0.315 e. The molecule has 1 N–H and O–H groups in total. The standard InChI is InChI=1S/C11H26N2/c1-5-13(6-2)10-9-12-8-7-11(3)4/h11-12H,5-10H2,1-4H3. The summed E-state index contributed by atoms with van der Waals surface area (Å²) in [7, 11) is 0. The van der Waals surface area contributed by atoms with Gasteiger partial charge in [-0.2, -0.15) is 0 Å². The van der Waals surface area contributed by atoms with Crippen molar-refractivity contribution in [2.75, 3.05) is 32.7 Å². The molecule has 80 valence electrons. The first kappa shape index (κ1) is 12.9. The minimum atomic E-state index is 0.820. The molecule has 0 aliphatic carbocycles. The smallest absolute Gasteiger partial charge is 0.0107 e. The molecule has 0 spiro atoms. The second-order valence-corrected chi connectivity index (χ2v) is 3.96. The maximum atomic E-state index is 3.47. The molecular weight excluding hydrogens is 160 g/mol. The zero-order valence-corrected chi connectivity index (χ0v) is 9.77. The van der Waals surface area contributed by atoms with Gasteiger partial charge in [-0.1, -0.05) is 27.7 Å². The van der Waals surface area contributed by atoms with E-state index in [1.807, 2.05) is 0 Å². The molecule has 0 radical (unpaired) electrons. The molecule has 0 rings (SSSR count). The number of rotatable bonds is 8. The van der Waals surface area contributed by atoms with E-state index in [9.17, 15) is 0 Å². The van der Waals surface area contributed by atoms with E-state index in [0.717, 1.165) is 12.5 Å². The second-order valence-electron chi connectivity index (χ2n) is 3.96. The quantitative estimate of drug-likeness (QED) is 0.583. The van der Waals surface area contributed by atoms with Gasteiger partial charge in [-0.05, 0) is 32.0 Å². The number of nitrogens with one attached hydrogen (secondary N) is 1. The first-order valence-corrected chi connectivity index (χ1v) is 5.63. The van der Waals surface area contributed by atoms with Crippen molar-refractivity contribution in [3.63, 3.8) is 0 Å². The van der Waals surface area contributed by atoms with Crippen LogP contribution in [0.25, 0.3) is 0 Å². The molecular formula is C11H26N2. The molecule has 0 aliphatic rings. The number of hydrogen-bond acceptors (Lipinski definition) is 2. The van der Waals surface area contributed by atoms with E-state index in [4.69, 9.17) is 0 Å². The Morgan fingerprint density at radius 2 is 1.69 bits per heavy atom. The van der Waals surface area contributed by atoms with Gasteiger partial charge in [0.1, 0.15) is 0 Å². The minimum absolute atomic E-state index is 0.820. The Hall–Kier alpha value is -0.0800. The van der Waals surface area contributed by atoms with E-state index in [2.05, 4.69) is 37.9 Å². The molecule has 0 saturated carbocycles. The van der Waals surface area contributed by atoms with Crippen molar-refractivity contribution < 1.29 is 0 Å². The molecule has 0 amide bonds. The van der Waals surface area contributed by atoms with Crippen LogP contribution in [0.2, 0.25) is 0 Å². The highest BCUT2D eigenvalue weighted by Gasteiger charge is 1.97. The molecule has 0 bridgehead atoms. The fraction of sp³-hybridized carbons (Fsp3) is 1.00. The Labute approximate surface area is 83.7 Å². The van der Waals surface area contributed by atoms with Crippen LogP contribution in [0.4, 0.5) is 0 Å². The largest absolute Gasteiger partial charge is 0.315 e. The van der Waals surface area contributed by atoms with Gasteiger partial charge in [-0.25, -0.2) is 0 Å². The molecule has 0 aromatic rings. The lowest BCUT2D eigenvalue weighted by Crippen LogP contribution is -2.32. The Balaban J connectivity index is 3.14. The van der Waals surface area contributed by atoms with Crippen molar-refractivity contribution >= 4 is 0 Å². The molecule has 0 saturated heterocycles. The Kier molecular flexibility index (Phi) is 8.46. The zero-order chi connectivity index (χ0) is 10.1. The topological polar surface area (TPSA) is 15.3 Å². The van der Waals surface area contributed by atoms with Gasteiger partial charge in [-0.15, -0.1) is 0 Å². The monoisotopic (exact) mass is 186 g/mol. The lowest BCUT2D eigenvalue weighted by Gasteiger charge is -2.18.